The van der Waals surface area contributed by atoms with Crippen LogP contribution < -0.4 is 5.56 Å². The van der Waals surface area contributed by atoms with E-state index >= 15 is 0 Å². The van der Waals surface area contributed by atoms with Crippen LogP contribution in [0.3, 0.4) is 0 Å². The second-order valence-corrected chi connectivity index (χ2v) is 4.86. The number of alkyl halides is 1. The summed E-state index contributed by atoms with van der Waals surface area (Å²) in [5.74, 6) is 0. The smallest absolute Gasteiger partial charge is 0.251 e. The lowest BCUT2D eigenvalue weighted by Gasteiger charge is -2.22. The van der Waals surface area contributed by atoms with Gasteiger partial charge in [-0.15, -0.1) is 0 Å². The molecule has 7 nitrogen and oxygen atoms in total. The Morgan fingerprint density at radius 2 is 2.25 bits per heavy atom. The van der Waals surface area contributed by atoms with Crippen LogP contribution in [0.2, 0.25) is 0 Å². The van der Waals surface area contributed by atoms with Crippen LogP contribution in [0.4, 0.5) is 4.39 Å². The Balaban J connectivity index is 1.87. The molecule has 0 aliphatic carbocycles. The van der Waals surface area contributed by atoms with Crippen LogP contribution in [0.15, 0.2) is 17.1 Å². The van der Waals surface area contributed by atoms with Gasteiger partial charge in [-0.05, 0) is 12.2 Å². The number of ether oxygens (including phenoxy) is 4. The van der Waals surface area contributed by atoms with Gasteiger partial charge in [-0.1, -0.05) is 0 Å². The Bertz CT molecular complexity index is 591. The number of aromatic nitrogens is 2. The van der Waals surface area contributed by atoms with E-state index in [9.17, 15) is 9.18 Å². The summed E-state index contributed by atoms with van der Waals surface area (Å²) in [5, 5.41) is 0. The number of hydrogen-bond donors (Lipinski definition) is 1. The van der Waals surface area contributed by atoms with E-state index in [1.165, 1.54) is 16.8 Å². The molecule has 2 aliphatic rings. The summed E-state index contributed by atoms with van der Waals surface area (Å²) >= 11 is 5.01. The average Bonchev–Trinajstić information content (AvgIpc) is 2.66. The minimum absolute atomic E-state index is 0.0608. The summed E-state index contributed by atoms with van der Waals surface area (Å²) in [6.07, 6.45) is -2.35. The summed E-state index contributed by atoms with van der Waals surface area (Å²) in [4.78, 5) is 13.6. The maximum Gasteiger partial charge on any atom is 0.251 e. The van der Waals surface area contributed by atoms with Crippen LogP contribution in [-0.4, -0.2) is 48.1 Å². The minimum Gasteiger partial charge on any atom is -0.353 e. The zero-order valence-corrected chi connectivity index (χ0v) is 11.2. The Labute approximate surface area is 118 Å². The monoisotopic (exact) mass is 304 g/mol. The van der Waals surface area contributed by atoms with Crippen LogP contribution in [0, 0.1) is 4.77 Å². The predicted octanol–water partition coefficient (Wildman–Crippen LogP) is 0.488. The van der Waals surface area contributed by atoms with Gasteiger partial charge in [0.25, 0.3) is 5.56 Å². The highest BCUT2D eigenvalue weighted by Gasteiger charge is 2.47. The minimum atomic E-state index is -1.44. The number of aromatic amines is 1. The molecule has 9 heteroatoms. The van der Waals surface area contributed by atoms with E-state index < -0.39 is 24.6 Å². The third-order valence-electron chi connectivity index (χ3n) is 3.18. The van der Waals surface area contributed by atoms with E-state index in [4.69, 9.17) is 31.2 Å². The zero-order chi connectivity index (χ0) is 14.1. The lowest BCUT2D eigenvalue weighted by molar-refractivity contribution is -0.203. The van der Waals surface area contributed by atoms with Crippen molar-refractivity contribution in [1.82, 2.24) is 9.55 Å². The second-order valence-electron chi connectivity index (χ2n) is 4.47. The lowest BCUT2D eigenvalue weighted by Crippen LogP contribution is -2.37. The van der Waals surface area contributed by atoms with Crippen molar-refractivity contribution in [2.75, 3.05) is 20.2 Å². The normalized spacial score (nSPS) is 34.2. The van der Waals surface area contributed by atoms with Gasteiger partial charge in [-0.2, -0.15) is 0 Å². The standard InChI is InChI=1S/C11H13FN2O5S/c12-8-9-6(3-16-4-17-5-18-9)19-10(8)14-2-1-7(15)13-11(14)20/h1-2,6,8-10H,3-5H2,(H,13,15,20)/t6-,8+,9?,10-/m1/s1. The predicted molar refractivity (Wildman–Crippen MR) is 66.3 cm³/mol. The van der Waals surface area contributed by atoms with E-state index in [-0.39, 0.29) is 30.5 Å². The molecular formula is C11H13FN2O5S. The van der Waals surface area contributed by atoms with Gasteiger partial charge < -0.3 is 18.9 Å². The Morgan fingerprint density at radius 1 is 1.40 bits per heavy atom. The first-order chi connectivity index (χ1) is 9.66. The van der Waals surface area contributed by atoms with Crippen molar-refractivity contribution in [3.8, 4) is 0 Å². The van der Waals surface area contributed by atoms with Crippen molar-refractivity contribution in [2.24, 2.45) is 0 Å². The van der Waals surface area contributed by atoms with Gasteiger partial charge >= 0.3 is 0 Å². The summed E-state index contributed by atoms with van der Waals surface area (Å²) < 4.78 is 37.0. The largest absolute Gasteiger partial charge is 0.353 e. The molecule has 0 amide bonds. The fourth-order valence-electron chi connectivity index (χ4n) is 2.26. The van der Waals surface area contributed by atoms with Gasteiger partial charge in [0.2, 0.25) is 0 Å². The number of nitrogens with one attached hydrogen (secondary N) is 1. The summed E-state index contributed by atoms with van der Waals surface area (Å²) in [6, 6.07) is 1.26. The number of hydrogen-bond acceptors (Lipinski definition) is 6. The van der Waals surface area contributed by atoms with E-state index in [1.54, 1.807) is 0 Å². The molecular weight excluding hydrogens is 291 g/mol. The zero-order valence-electron chi connectivity index (χ0n) is 10.4. The van der Waals surface area contributed by atoms with Crippen LogP contribution in [-0.2, 0) is 18.9 Å². The van der Waals surface area contributed by atoms with E-state index in [2.05, 4.69) is 4.98 Å². The van der Waals surface area contributed by atoms with Crippen LogP contribution in [0.25, 0.3) is 0 Å². The van der Waals surface area contributed by atoms with Gasteiger partial charge in [0, 0.05) is 12.3 Å². The molecule has 3 rings (SSSR count). The lowest BCUT2D eigenvalue weighted by atomic mass is 10.1. The molecule has 3 heterocycles. The van der Waals surface area contributed by atoms with Crippen LogP contribution in [0.5, 0.6) is 0 Å². The van der Waals surface area contributed by atoms with Gasteiger partial charge in [0.05, 0.1) is 6.61 Å². The molecule has 1 unspecified atom stereocenters. The summed E-state index contributed by atoms with van der Waals surface area (Å²) in [6.45, 7) is 0.180. The maximum absolute atomic E-state index is 14.5. The first-order valence-electron chi connectivity index (χ1n) is 6.05. The van der Waals surface area contributed by atoms with E-state index in [0.29, 0.717) is 0 Å². The molecule has 1 aromatic rings. The Hall–Kier alpha value is -1.13. The van der Waals surface area contributed by atoms with Crippen molar-refractivity contribution in [3.05, 3.63) is 27.4 Å². The average molecular weight is 304 g/mol. The molecule has 110 valence electrons. The summed E-state index contributed by atoms with van der Waals surface area (Å²) in [7, 11) is 0. The third-order valence-corrected chi connectivity index (χ3v) is 3.50. The van der Waals surface area contributed by atoms with Gasteiger partial charge in [-0.3, -0.25) is 14.3 Å². The SMILES string of the molecule is O=c1ccn([C@@H]2O[C@@H]3COCOCOC3[C@@H]2F)c(=S)[nH]1. The Morgan fingerprint density at radius 3 is 3.05 bits per heavy atom. The number of halogens is 1. The van der Waals surface area contributed by atoms with E-state index in [1.807, 2.05) is 0 Å². The number of H-pyrrole nitrogens is 1. The summed E-state index contributed by atoms with van der Waals surface area (Å²) in [5.41, 5.74) is -0.348. The number of nitrogens with zero attached hydrogens (tertiary/aromatic N) is 1. The first-order valence-corrected chi connectivity index (χ1v) is 6.46. The van der Waals surface area contributed by atoms with Crippen molar-refractivity contribution in [1.29, 1.82) is 0 Å². The van der Waals surface area contributed by atoms with Gasteiger partial charge in [-0.25, -0.2) is 4.39 Å². The van der Waals surface area contributed by atoms with Crippen molar-refractivity contribution in [2.45, 2.75) is 24.6 Å². The van der Waals surface area contributed by atoms with E-state index in [0.717, 1.165) is 0 Å². The highest BCUT2D eigenvalue weighted by molar-refractivity contribution is 7.71. The maximum atomic E-state index is 14.5. The molecule has 1 N–H and O–H groups in total. The van der Waals surface area contributed by atoms with Crippen LogP contribution >= 0.6 is 12.2 Å². The highest BCUT2D eigenvalue weighted by Crippen LogP contribution is 2.34. The second kappa shape index (κ2) is 5.70. The molecule has 20 heavy (non-hydrogen) atoms. The fraction of sp³-hybridized carbons (Fsp3) is 0.636. The highest BCUT2D eigenvalue weighted by atomic mass is 32.1. The van der Waals surface area contributed by atoms with Crippen molar-refractivity contribution < 1.29 is 23.3 Å². The third kappa shape index (κ3) is 2.54. The molecule has 4 atom stereocenters. The first kappa shape index (κ1) is 13.8. The quantitative estimate of drug-likeness (QED) is 0.761. The van der Waals surface area contributed by atoms with Gasteiger partial charge in [0.1, 0.15) is 25.8 Å². The number of rotatable bonds is 1. The molecule has 0 radical (unpaired) electrons. The molecule has 0 spiro atoms. The van der Waals surface area contributed by atoms with Crippen LogP contribution in [0.1, 0.15) is 6.23 Å². The number of fused-ring (bicyclic) bond motifs is 1. The van der Waals surface area contributed by atoms with Crippen molar-refractivity contribution >= 4 is 12.2 Å². The van der Waals surface area contributed by atoms with Crippen molar-refractivity contribution in [3.63, 3.8) is 0 Å². The molecule has 1 aromatic heterocycles. The Kier molecular flexibility index (Phi) is 3.94. The molecule has 2 aliphatic heterocycles. The van der Waals surface area contributed by atoms with Gasteiger partial charge in [0.15, 0.2) is 17.2 Å². The molecule has 2 fully saturated rings. The molecule has 0 bridgehead atoms. The topological polar surface area (TPSA) is 74.7 Å². The molecule has 0 aromatic carbocycles. The molecule has 2 saturated heterocycles. The molecule has 0 saturated carbocycles. The fourth-order valence-corrected chi connectivity index (χ4v) is 2.53.